The largest absolute Gasteiger partial charge is 0.460 e. The van der Waals surface area contributed by atoms with Gasteiger partial charge in [0.15, 0.2) is 9.87 Å². The first-order valence-corrected chi connectivity index (χ1v) is 11.4. The van der Waals surface area contributed by atoms with Gasteiger partial charge in [0.05, 0.1) is 0 Å². The summed E-state index contributed by atoms with van der Waals surface area (Å²) in [5.41, 5.74) is 0. The van der Waals surface area contributed by atoms with Crippen LogP contribution in [-0.4, -0.2) is 18.6 Å². The van der Waals surface area contributed by atoms with E-state index in [0.717, 1.165) is 38.5 Å². The number of rotatable bonds is 11. The SMILES string of the molecule is CCCC(CC)(OC(=S)S)SSC(CC)(CCC)OC(=S)S. The Morgan fingerprint density at radius 3 is 1.32 bits per heavy atom. The Morgan fingerprint density at radius 1 is 0.818 bits per heavy atom. The van der Waals surface area contributed by atoms with E-state index in [2.05, 4.69) is 53.0 Å². The van der Waals surface area contributed by atoms with Gasteiger partial charge in [-0.3, -0.25) is 0 Å². The second kappa shape index (κ2) is 11.7. The lowest BCUT2D eigenvalue weighted by atomic mass is 10.1. The van der Waals surface area contributed by atoms with Crippen molar-refractivity contribution in [3.63, 3.8) is 0 Å². The molecular formula is C14H26O2S6. The number of thiol groups is 2. The second-order valence-electron chi connectivity index (χ2n) is 4.93. The monoisotopic (exact) mass is 418 g/mol. The molecule has 2 atom stereocenters. The van der Waals surface area contributed by atoms with E-state index < -0.39 is 0 Å². The average molecular weight is 419 g/mol. The maximum atomic E-state index is 5.88. The zero-order chi connectivity index (χ0) is 17.2. The maximum Gasteiger partial charge on any atom is 0.218 e. The number of hydrogen-bond acceptors (Lipinski definition) is 6. The van der Waals surface area contributed by atoms with Crippen molar-refractivity contribution in [3.8, 4) is 0 Å². The van der Waals surface area contributed by atoms with Crippen molar-refractivity contribution >= 4 is 80.0 Å². The molecular weight excluding hydrogens is 393 g/mol. The summed E-state index contributed by atoms with van der Waals surface area (Å²) in [4.78, 5) is -0.762. The number of thiocarbonyl (C=S) groups is 2. The Bertz CT molecular complexity index is 331. The van der Waals surface area contributed by atoms with E-state index >= 15 is 0 Å². The molecule has 8 heteroatoms. The van der Waals surface area contributed by atoms with Crippen LogP contribution in [-0.2, 0) is 9.47 Å². The summed E-state index contributed by atoms with van der Waals surface area (Å²) in [5.74, 6) is 0. The molecule has 0 saturated heterocycles. The van der Waals surface area contributed by atoms with Gasteiger partial charge in [-0.2, -0.15) is 0 Å². The van der Waals surface area contributed by atoms with E-state index in [9.17, 15) is 0 Å². The van der Waals surface area contributed by atoms with Crippen LogP contribution in [0.2, 0.25) is 0 Å². The lowest BCUT2D eigenvalue weighted by Gasteiger charge is -2.37. The molecule has 0 aromatic heterocycles. The van der Waals surface area contributed by atoms with Crippen LogP contribution in [0.3, 0.4) is 0 Å². The highest BCUT2D eigenvalue weighted by atomic mass is 33.1. The molecule has 0 spiro atoms. The first-order chi connectivity index (χ1) is 10.3. The quantitative estimate of drug-likeness (QED) is 0.168. The summed E-state index contributed by atoms with van der Waals surface area (Å²) in [7, 11) is 3.35. The third-order valence-corrected chi connectivity index (χ3v) is 7.50. The second-order valence-corrected chi connectivity index (χ2v) is 9.91. The van der Waals surface area contributed by atoms with Crippen LogP contribution in [0, 0.1) is 0 Å². The van der Waals surface area contributed by atoms with Crippen molar-refractivity contribution in [3.05, 3.63) is 0 Å². The summed E-state index contributed by atoms with van der Waals surface area (Å²) in [6, 6.07) is 0. The molecule has 0 fully saturated rings. The fourth-order valence-corrected chi connectivity index (χ4v) is 6.64. The number of hydrogen-bond donors (Lipinski definition) is 2. The lowest BCUT2D eigenvalue weighted by molar-refractivity contribution is 0.144. The normalized spacial score (nSPS) is 16.5. The summed E-state index contributed by atoms with van der Waals surface area (Å²) in [5, 5.41) is 0. The third-order valence-electron chi connectivity index (χ3n) is 3.23. The lowest BCUT2D eigenvalue weighted by Crippen LogP contribution is -2.32. The number of ether oxygens (including phenoxy) is 2. The van der Waals surface area contributed by atoms with Gasteiger partial charge in [0.2, 0.25) is 8.77 Å². The molecule has 0 N–H and O–H groups in total. The van der Waals surface area contributed by atoms with Gasteiger partial charge in [-0.1, -0.05) is 65.8 Å². The van der Waals surface area contributed by atoms with Gasteiger partial charge in [-0.05, 0) is 71.7 Å². The highest BCUT2D eigenvalue weighted by Crippen LogP contribution is 2.52. The van der Waals surface area contributed by atoms with Crippen molar-refractivity contribution in [2.75, 3.05) is 0 Å². The fraction of sp³-hybridized carbons (Fsp3) is 0.857. The summed E-state index contributed by atoms with van der Waals surface area (Å²) >= 11 is 18.4. The zero-order valence-electron chi connectivity index (χ0n) is 13.6. The standard InChI is InChI=1S/C14H26O2S6/c1-5-9-13(7-3,15-11(17)18)21-22-14(8-4,10-6-2)16-12(19)20/h5-10H2,1-4H3,(H,17,18)(H,19,20). The van der Waals surface area contributed by atoms with Gasteiger partial charge < -0.3 is 9.47 Å². The van der Waals surface area contributed by atoms with Crippen molar-refractivity contribution in [2.24, 2.45) is 0 Å². The predicted molar refractivity (Wildman–Crippen MR) is 116 cm³/mol. The smallest absolute Gasteiger partial charge is 0.218 e. The summed E-state index contributed by atoms with van der Waals surface area (Å²) in [6.07, 6.45) is 5.51. The van der Waals surface area contributed by atoms with E-state index in [1.54, 1.807) is 21.6 Å². The Labute approximate surface area is 164 Å². The van der Waals surface area contributed by atoms with E-state index in [-0.39, 0.29) is 18.6 Å². The maximum absolute atomic E-state index is 5.88. The molecule has 2 nitrogen and oxygen atoms in total. The van der Waals surface area contributed by atoms with Gasteiger partial charge in [0.25, 0.3) is 0 Å². The predicted octanol–water partition coefficient (Wildman–Crippen LogP) is 6.64. The third kappa shape index (κ3) is 8.33. The van der Waals surface area contributed by atoms with Gasteiger partial charge in [-0.25, -0.2) is 0 Å². The Kier molecular flexibility index (Phi) is 12.3. The highest BCUT2D eigenvalue weighted by molar-refractivity contribution is 8.77. The van der Waals surface area contributed by atoms with Crippen LogP contribution in [0.5, 0.6) is 0 Å². The first kappa shape index (κ1) is 23.2. The van der Waals surface area contributed by atoms with Crippen molar-refractivity contribution in [1.29, 1.82) is 0 Å². The van der Waals surface area contributed by atoms with Crippen molar-refractivity contribution in [2.45, 2.75) is 76.1 Å². The van der Waals surface area contributed by atoms with Crippen LogP contribution >= 0.6 is 71.3 Å². The summed E-state index contributed by atoms with van der Waals surface area (Å²) < 4.78 is 12.3. The van der Waals surface area contributed by atoms with Crippen LogP contribution in [0.25, 0.3) is 0 Å². The minimum absolute atomic E-state index is 0.284. The fourth-order valence-electron chi connectivity index (χ4n) is 2.07. The van der Waals surface area contributed by atoms with Crippen molar-refractivity contribution < 1.29 is 9.47 Å². The average Bonchev–Trinajstić information content (AvgIpc) is 2.44. The molecule has 0 aliphatic carbocycles. The molecule has 22 heavy (non-hydrogen) atoms. The van der Waals surface area contributed by atoms with Gasteiger partial charge >= 0.3 is 0 Å². The summed E-state index contributed by atoms with van der Waals surface area (Å²) in [6.45, 7) is 8.48. The van der Waals surface area contributed by atoms with Gasteiger partial charge in [0.1, 0.15) is 0 Å². The van der Waals surface area contributed by atoms with Crippen molar-refractivity contribution in [1.82, 2.24) is 0 Å². The molecule has 0 aromatic rings. The molecule has 0 radical (unpaired) electrons. The van der Waals surface area contributed by atoms with E-state index in [0.29, 0.717) is 0 Å². The Hall–Kier alpha value is 1.18. The van der Waals surface area contributed by atoms with Crippen LogP contribution in [0.4, 0.5) is 0 Å². The molecule has 130 valence electrons. The van der Waals surface area contributed by atoms with E-state index in [4.69, 9.17) is 33.9 Å². The van der Waals surface area contributed by atoms with Crippen LogP contribution in [0.15, 0.2) is 0 Å². The molecule has 0 aromatic carbocycles. The van der Waals surface area contributed by atoms with E-state index in [1.807, 2.05) is 0 Å². The van der Waals surface area contributed by atoms with Crippen LogP contribution in [0.1, 0.15) is 66.2 Å². The van der Waals surface area contributed by atoms with Gasteiger partial charge in [-0.15, -0.1) is 0 Å². The molecule has 0 bridgehead atoms. The Morgan fingerprint density at radius 2 is 1.14 bits per heavy atom. The topological polar surface area (TPSA) is 18.5 Å². The zero-order valence-corrected chi connectivity index (χ0v) is 18.6. The molecule has 0 aliphatic heterocycles. The molecule has 0 heterocycles. The molecule has 2 unspecified atom stereocenters. The highest BCUT2D eigenvalue weighted by Gasteiger charge is 2.38. The van der Waals surface area contributed by atoms with E-state index in [1.165, 1.54) is 0 Å². The first-order valence-electron chi connectivity index (χ1n) is 7.49. The van der Waals surface area contributed by atoms with Gasteiger partial charge in [0, 0.05) is 0 Å². The Balaban J connectivity index is 5.15. The molecule has 0 saturated carbocycles. The molecule has 0 aliphatic rings. The minimum Gasteiger partial charge on any atom is -0.460 e. The minimum atomic E-state index is -0.381. The van der Waals surface area contributed by atoms with Crippen LogP contribution < -0.4 is 0 Å². The molecule has 0 rings (SSSR count). The molecule has 0 amide bonds.